The molecule has 1 spiro atoms. The third kappa shape index (κ3) is 1.50. The fourth-order valence-corrected chi connectivity index (χ4v) is 3.52. The van der Waals surface area contributed by atoms with Crippen LogP contribution in [0.15, 0.2) is 0 Å². The van der Waals surface area contributed by atoms with Crippen LogP contribution in [0.2, 0.25) is 0 Å². The fourth-order valence-electron chi connectivity index (χ4n) is 3.52. The molecule has 3 aliphatic heterocycles. The molecule has 0 aromatic heterocycles. The van der Waals surface area contributed by atoms with E-state index in [0.29, 0.717) is 32.6 Å². The molecule has 94 valence electrons. The minimum Gasteiger partial charge on any atom is -0.465 e. The van der Waals surface area contributed by atoms with Crippen LogP contribution in [0, 0.1) is 5.41 Å². The van der Waals surface area contributed by atoms with E-state index < -0.39 is 6.09 Å². The number of nitrogens with zero attached hydrogens (tertiary/aromatic N) is 1. The minimum atomic E-state index is -0.892. The van der Waals surface area contributed by atoms with Crippen molar-refractivity contribution in [3.05, 3.63) is 0 Å². The molecule has 0 aromatic rings. The molecule has 3 heterocycles. The van der Waals surface area contributed by atoms with Gasteiger partial charge in [-0.05, 0) is 19.3 Å². The molecule has 0 aliphatic carbocycles. The summed E-state index contributed by atoms with van der Waals surface area (Å²) in [5, 5.41) is 12.1. The van der Waals surface area contributed by atoms with Gasteiger partial charge in [-0.25, -0.2) is 4.79 Å². The van der Waals surface area contributed by atoms with Crippen LogP contribution >= 0.6 is 0 Å². The number of hydrogen-bond acceptors (Lipinski definition) is 3. The highest BCUT2D eigenvalue weighted by Gasteiger charge is 2.53. The van der Waals surface area contributed by atoms with E-state index in [1.165, 1.54) is 4.90 Å². The van der Waals surface area contributed by atoms with Crippen LogP contribution in [0.25, 0.3) is 0 Å². The molecule has 17 heavy (non-hydrogen) atoms. The van der Waals surface area contributed by atoms with Crippen molar-refractivity contribution < 1.29 is 19.4 Å². The lowest BCUT2D eigenvalue weighted by atomic mass is 9.71. The number of carbonyl (C=O) groups is 2. The third-order valence-electron chi connectivity index (χ3n) is 4.25. The largest absolute Gasteiger partial charge is 0.465 e. The molecule has 3 saturated heterocycles. The predicted octanol–water partition coefficient (Wildman–Crippen LogP) is 0.0339. The molecule has 6 nitrogen and oxygen atoms in total. The van der Waals surface area contributed by atoms with Crippen molar-refractivity contribution in [1.29, 1.82) is 0 Å². The number of piperidine rings is 1. The molecule has 2 N–H and O–H groups in total. The van der Waals surface area contributed by atoms with Gasteiger partial charge in [-0.1, -0.05) is 0 Å². The topological polar surface area (TPSA) is 78.9 Å². The lowest BCUT2D eigenvalue weighted by Crippen LogP contribution is -2.62. The average molecular weight is 240 g/mol. The van der Waals surface area contributed by atoms with Crippen molar-refractivity contribution in [3.63, 3.8) is 0 Å². The van der Waals surface area contributed by atoms with E-state index >= 15 is 0 Å². The highest BCUT2D eigenvalue weighted by atomic mass is 16.5. The number of fused-ring (bicyclic) bond motifs is 2. The third-order valence-corrected chi connectivity index (χ3v) is 4.25. The molecule has 6 heteroatoms. The molecule has 3 rings (SSSR count). The summed E-state index contributed by atoms with van der Waals surface area (Å²) in [5.41, 5.74) is -0.342. The van der Waals surface area contributed by atoms with E-state index in [4.69, 9.17) is 4.74 Å². The zero-order valence-corrected chi connectivity index (χ0v) is 9.52. The van der Waals surface area contributed by atoms with Gasteiger partial charge in [0.25, 0.3) is 0 Å². The van der Waals surface area contributed by atoms with E-state index in [0.717, 1.165) is 6.42 Å². The number of morpholine rings is 1. The number of rotatable bonds is 0. The Hall–Kier alpha value is -1.30. The molecule has 0 aromatic carbocycles. The second kappa shape index (κ2) is 3.60. The molecular formula is C11H16N2O4. The van der Waals surface area contributed by atoms with Gasteiger partial charge < -0.3 is 15.2 Å². The molecule has 0 radical (unpaired) electrons. The van der Waals surface area contributed by atoms with Gasteiger partial charge in [0.2, 0.25) is 5.91 Å². The Labute approximate surface area is 98.9 Å². The lowest BCUT2D eigenvalue weighted by molar-refractivity contribution is -0.140. The Bertz CT molecular complexity index is 356. The fraction of sp³-hybridized carbons (Fsp3) is 0.818. The molecule has 2 unspecified atom stereocenters. The van der Waals surface area contributed by atoms with Crippen LogP contribution in [0.3, 0.4) is 0 Å². The van der Waals surface area contributed by atoms with Gasteiger partial charge >= 0.3 is 6.09 Å². The van der Waals surface area contributed by atoms with E-state index in [1.54, 1.807) is 0 Å². The SMILES string of the molecule is O=C(O)N1C2COCC1CC1(CCNC1=O)C2. The average Bonchev–Trinajstić information content (AvgIpc) is 2.58. The summed E-state index contributed by atoms with van der Waals surface area (Å²) in [5.74, 6) is 0.0967. The Morgan fingerprint density at radius 3 is 2.53 bits per heavy atom. The first-order valence-corrected chi connectivity index (χ1v) is 6.00. The Morgan fingerprint density at radius 2 is 2.06 bits per heavy atom. The predicted molar refractivity (Wildman–Crippen MR) is 57.6 cm³/mol. The Balaban J connectivity index is 1.88. The maximum Gasteiger partial charge on any atom is 0.407 e. The molecule has 2 bridgehead atoms. The summed E-state index contributed by atoms with van der Waals surface area (Å²) in [4.78, 5) is 24.6. The molecule has 3 fully saturated rings. The number of carboxylic acid groups (broad SMARTS) is 1. The summed E-state index contributed by atoms with van der Waals surface area (Å²) >= 11 is 0. The summed E-state index contributed by atoms with van der Waals surface area (Å²) in [6.45, 7) is 1.54. The van der Waals surface area contributed by atoms with Crippen molar-refractivity contribution in [1.82, 2.24) is 10.2 Å². The van der Waals surface area contributed by atoms with Crippen LogP contribution < -0.4 is 5.32 Å². The van der Waals surface area contributed by atoms with E-state index in [9.17, 15) is 14.7 Å². The lowest BCUT2D eigenvalue weighted by Gasteiger charge is -2.50. The molecule has 0 saturated carbocycles. The van der Waals surface area contributed by atoms with Gasteiger partial charge in [-0.15, -0.1) is 0 Å². The maximum absolute atomic E-state index is 11.9. The van der Waals surface area contributed by atoms with Crippen LogP contribution in [-0.2, 0) is 9.53 Å². The van der Waals surface area contributed by atoms with Gasteiger partial charge in [-0.3, -0.25) is 9.69 Å². The Kier molecular flexibility index (Phi) is 2.29. The summed E-state index contributed by atoms with van der Waals surface area (Å²) in [7, 11) is 0. The summed E-state index contributed by atoms with van der Waals surface area (Å²) in [6.07, 6.45) is 1.13. The summed E-state index contributed by atoms with van der Waals surface area (Å²) < 4.78 is 5.42. The molecule has 2 amide bonds. The van der Waals surface area contributed by atoms with Crippen molar-refractivity contribution >= 4 is 12.0 Å². The zero-order valence-electron chi connectivity index (χ0n) is 9.52. The normalized spacial score (nSPS) is 40.5. The quantitative estimate of drug-likeness (QED) is 0.626. The smallest absolute Gasteiger partial charge is 0.407 e. The number of carbonyl (C=O) groups excluding carboxylic acids is 1. The molecule has 3 aliphatic rings. The van der Waals surface area contributed by atoms with Crippen molar-refractivity contribution in [2.45, 2.75) is 31.3 Å². The monoisotopic (exact) mass is 240 g/mol. The van der Waals surface area contributed by atoms with Gasteiger partial charge in [-0.2, -0.15) is 0 Å². The molecule has 2 atom stereocenters. The van der Waals surface area contributed by atoms with Crippen molar-refractivity contribution in [2.75, 3.05) is 19.8 Å². The van der Waals surface area contributed by atoms with Crippen molar-refractivity contribution in [3.8, 4) is 0 Å². The number of nitrogens with one attached hydrogen (secondary N) is 1. The van der Waals surface area contributed by atoms with E-state index in [-0.39, 0.29) is 23.4 Å². The first-order chi connectivity index (χ1) is 8.12. The first kappa shape index (κ1) is 10.8. The molecular weight excluding hydrogens is 224 g/mol. The van der Waals surface area contributed by atoms with Gasteiger partial charge in [0.15, 0.2) is 0 Å². The van der Waals surface area contributed by atoms with E-state index in [1.807, 2.05) is 0 Å². The van der Waals surface area contributed by atoms with Crippen LogP contribution in [-0.4, -0.2) is 53.8 Å². The maximum atomic E-state index is 11.9. The standard InChI is InChI=1S/C11H16N2O4/c14-9-11(1-2-12-9)3-7-5-17-6-8(4-11)13(7)10(15)16/h7-8H,1-6H2,(H,12,14)(H,15,16). The Morgan fingerprint density at radius 1 is 1.41 bits per heavy atom. The van der Waals surface area contributed by atoms with Crippen molar-refractivity contribution in [2.24, 2.45) is 5.41 Å². The van der Waals surface area contributed by atoms with Crippen LogP contribution in [0.5, 0.6) is 0 Å². The van der Waals surface area contributed by atoms with Gasteiger partial charge in [0.05, 0.1) is 30.7 Å². The minimum absolute atomic E-state index is 0.0967. The van der Waals surface area contributed by atoms with Gasteiger partial charge in [0, 0.05) is 6.54 Å². The zero-order chi connectivity index (χ0) is 12.0. The van der Waals surface area contributed by atoms with Crippen LogP contribution in [0.1, 0.15) is 19.3 Å². The van der Waals surface area contributed by atoms with E-state index in [2.05, 4.69) is 5.32 Å². The second-order valence-electron chi connectivity index (χ2n) is 5.23. The van der Waals surface area contributed by atoms with Crippen LogP contribution in [0.4, 0.5) is 4.79 Å². The number of amides is 2. The highest BCUT2D eigenvalue weighted by molar-refractivity contribution is 5.85. The first-order valence-electron chi connectivity index (χ1n) is 6.00. The van der Waals surface area contributed by atoms with Gasteiger partial charge in [0.1, 0.15) is 0 Å². The summed E-state index contributed by atoms with van der Waals surface area (Å²) in [6, 6.07) is -0.326. The number of hydrogen-bond donors (Lipinski definition) is 2. The number of ether oxygens (including phenoxy) is 1. The highest BCUT2D eigenvalue weighted by Crippen LogP contribution is 2.44. The second-order valence-corrected chi connectivity index (χ2v) is 5.23.